The lowest BCUT2D eigenvalue weighted by atomic mass is 10.1. The van der Waals surface area contributed by atoms with Crippen LogP contribution < -0.4 is 11.1 Å². The molecule has 0 aliphatic carbocycles. The summed E-state index contributed by atoms with van der Waals surface area (Å²) in [5, 5.41) is 2.72. The summed E-state index contributed by atoms with van der Waals surface area (Å²) < 4.78 is 0. The molecule has 104 valence electrons. The summed E-state index contributed by atoms with van der Waals surface area (Å²) in [6, 6.07) is 0. The van der Waals surface area contributed by atoms with Crippen molar-refractivity contribution in [1.82, 2.24) is 5.32 Å². The molecule has 0 unspecified atom stereocenters. The first kappa shape index (κ1) is 16.7. The molecule has 0 heterocycles. The predicted octanol–water partition coefficient (Wildman–Crippen LogP) is 2.28. The van der Waals surface area contributed by atoms with E-state index in [1.165, 1.54) is 44.6 Å². The van der Waals surface area contributed by atoms with Crippen molar-refractivity contribution in [3.05, 3.63) is 12.2 Å². The molecule has 0 aromatic heterocycles. The molecule has 2 amide bonds. The lowest BCUT2D eigenvalue weighted by Gasteiger charge is -2.02. The number of rotatable bonds is 11. The van der Waals surface area contributed by atoms with E-state index >= 15 is 0 Å². The van der Waals surface area contributed by atoms with Gasteiger partial charge in [0.1, 0.15) is 0 Å². The second kappa shape index (κ2) is 12.1. The van der Waals surface area contributed by atoms with Gasteiger partial charge in [0.25, 0.3) is 0 Å². The van der Waals surface area contributed by atoms with Gasteiger partial charge in [-0.1, -0.05) is 51.9 Å². The topological polar surface area (TPSA) is 72.2 Å². The fraction of sp³-hybridized carbons (Fsp3) is 0.714. The first-order valence-corrected chi connectivity index (χ1v) is 6.92. The zero-order valence-electron chi connectivity index (χ0n) is 11.4. The molecule has 0 aromatic rings. The van der Waals surface area contributed by atoms with Crippen molar-refractivity contribution in [2.24, 2.45) is 5.73 Å². The van der Waals surface area contributed by atoms with Crippen molar-refractivity contribution in [2.75, 3.05) is 6.54 Å². The summed E-state index contributed by atoms with van der Waals surface area (Å²) in [7, 11) is 0. The molecule has 0 spiro atoms. The van der Waals surface area contributed by atoms with Gasteiger partial charge in [-0.05, 0) is 6.42 Å². The van der Waals surface area contributed by atoms with Gasteiger partial charge in [0.2, 0.25) is 11.8 Å². The fourth-order valence-electron chi connectivity index (χ4n) is 1.69. The van der Waals surface area contributed by atoms with Gasteiger partial charge in [0, 0.05) is 18.7 Å². The quantitative estimate of drug-likeness (QED) is 0.438. The highest BCUT2D eigenvalue weighted by molar-refractivity contribution is 5.95. The second-order valence-corrected chi connectivity index (χ2v) is 4.50. The average Bonchev–Trinajstić information content (AvgIpc) is 2.34. The summed E-state index contributed by atoms with van der Waals surface area (Å²) >= 11 is 0. The van der Waals surface area contributed by atoms with Crippen LogP contribution in [0.3, 0.4) is 0 Å². The zero-order chi connectivity index (χ0) is 13.6. The van der Waals surface area contributed by atoms with Gasteiger partial charge in [-0.2, -0.15) is 0 Å². The van der Waals surface area contributed by atoms with Gasteiger partial charge in [-0.3, -0.25) is 9.59 Å². The SMILES string of the molecule is CCCCCCCCCCNC(=O)C=CC(N)=O. The molecule has 0 radical (unpaired) electrons. The van der Waals surface area contributed by atoms with Crippen LogP contribution in [0.2, 0.25) is 0 Å². The summed E-state index contributed by atoms with van der Waals surface area (Å²) in [6.07, 6.45) is 12.2. The molecule has 4 nitrogen and oxygen atoms in total. The van der Waals surface area contributed by atoms with Crippen LogP contribution in [0.25, 0.3) is 0 Å². The molecule has 0 atom stereocenters. The Morgan fingerprint density at radius 3 is 2.06 bits per heavy atom. The van der Waals surface area contributed by atoms with Crippen LogP contribution in [0.1, 0.15) is 58.3 Å². The summed E-state index contributed by atoms with van der Waals surface area (Å²) in [5.41, 5.74) is 4.88. The molecule has 0 bridgehead atoms. The van der Waals surface area contributed by atoms with Crippen molar-refractivity contribution < 1.29 is 9.59 Å². The van der Waals surface area contributed by atoms with Crippen molar-refractivity contribution in [3.8, 4) is 0 Å². The van der Waals surface area contributed by atoms with Crippen LogP contribution in [-0.2, 0) is 9.59 Å². The Kier molecular flexibility index (Phi) is 11.3. The molecule has 0 fully saturated rings. The minimum absolute atomic E-state index is 0.253. The average molecular weight is 254 g/mol. The molecule has 0 saturated carbocycles. The van der Waals surface area contributed by atoms with Crippen LogP contribution in [-0.4, -0.2) is 18.4 Å². The molecule has 4 heteroatoms. The van der Waals surface area contributed by atoms with E-state index in [1.54, 1.807) is 0 Å². The van der Waals surface area contributed by atoms with Crippen LogP contribution in [0.4, 0.5) is 0 Å². The van der Waals surface area contributed by atoms with Gasteiger partial charge in [-0.15, -0.1) is 0 Å². The van der Waals surface area contributed by atoms with E-state index < -0.39 is 5.91 Å². The summed E-state index contributed by atoms with van der Waals surface area (Å²) in [4.78, 5) is 21.5. The molecule has 0 aromatic carbocycles. The maximum Gasteiger partial charge on any atom is 0.244 e. The largest absolute Gasteiger partial charge is 0.366 e. The Hall–Kier alpha value is -1.32. The monoisotopic (exact) mass is 254 g/mol. The lowest BCUT2D eigenvalue weighted by molar-refractivity contribution is -0.117. The van der Waals surface area contributed by atoms with Crippen molar-refractivity contribution in [2.45, 2.75) is 58.3 Å². The lowest BCUT2D eigenvalue weighted by Crippen LogP contribution is -2.22. The van der Waals surface area contributed by atoms with E-state index in [0.29, 0.717) is 6.54 Å². The van der Waals surface area contributed by atoms with E-state index in [4.69, 9.17) is 5.73 Å². The number of carbonyl (C=O) groups excluding carboxylic acids is 2. The minimum atomic E-state index is -0.600. The summed E-state index contributed by atoms with van der Waals surface area (Å²) in [6.45, 7) is 2.88. The van der Waals surface area contributed by atoms with E-state index in [1.807, 2.05) is 0 Å². The van der Waals surface area contributed by atoms with Crippen LogP contribution in [0.15, 0.2) is 12.2 Å². The Balaban J connectivity index is 3.25. The molecule has 18 heavy (non-hydrogen) atoms. The van der Waals surface area contributed by atoms with Crippen molar-refractivity contribution in [3.63, 3.8) is 0 Å². The fourth-order valence-corrected chi connectivity index (χ4v) is 1.69. The third-order valence-electron chi connectivity index (χ3n) is 2.73. The highest BCUT2D eigenvalue weighted by Gasteiger charge is 1.95. The summed E-state index contributed by atoms with van der Waals surface area (Å²) in [5.74, 6) is -0.853. The highest BCUT2D eigenvalue weighted by Crippen LogP contribution is 2.07. The van der Waals surface area contributed by atoms with Crippen molar-refractivity contribution >= 4 is 11.8 Å². The Bertz CT molecular complexity index is 263. The standard InChI is InChI=1S/C14H26N2O2/c1-2-3-4-5-6-7-8-9-12-16-14(18)11-10-13(15)17/h10-11H,2-9,12H2,1H3,(H2,15,17)(H,16,18). The van der Waals surface area contributed by atoms with Crippen LogP contribution >= 0.6 is 0 Å². The third-order valence-corrected chi connectivity index (χ3v) is 2.73. The van der Waals surface area contributed by atoms with E-state index in [0.717, 1.165) is 18.9 Å². The van der Waals surface area contributed by atoms with Gasteiger partial charge in [0.15, 0.2) is 0 Å². The first-order chi connectivity index (χ1) is 8.66. The van der Waals surface area contributed by atoms with Crippen LogP contribution in [0.5, 0.6) is 0 Å². The molecular formula is C14H26N2O2. The van der Waals surface area contributed by atoms with Gasteiger partial charge in [0.05, 0.1) is 0 Å². The van der Waals surface area contributed by atoms with E-state index in [-0.39, 0.29) is 5.91 Å². The maximum absolute atomic E-state index is 11.1. The second-order valence-electron chi connectivity index (χ2n) is 4.50. The number of nitrogens with two attached hydrogens (primary N) is 1. The first-order valence-electron chi connectivity index (χ1n) is 6.92. The number of hydrogen-bond acceptors (Lipinski definition) is 2. The third kappa shape index (κ3) is 12.7. The molecule has 0 rings (SSSR count). The number of amides is 2. The van der Waals surface area contributed by atoms with Gasteiger partial charge < -0.3 is 11.1 Å². The smallest absolute Gasteiger partial charge is 0.244 e. The van der Waals surface area contributed by atoms with E-state index in [9.17, 15) is 9.59 Å². The Labute approximate surface area is 110 Å². The number of carbonyl (C=O) groups is 2. The van der Waals surface area contributed by atoms with Gasteiger partial charge >= 0.3 is 0 Å². The van der Waals surface area contributed by atoms with Crippen molar-refractivity contribution in [1.29, 1.82) is 0 Å². The van der Waals surface area contributed by atoms with Crippen LogP contribution in [0, 0.1) is 0 Å². The van der Waals surface area contributed by atoms with Gasteiger partial charge in [-0.25, -0.2) is 0 Å². The number of primary amides is 1. The van der Waals surface area contributed by atoms with E-state index in [2.05, 4.69) is 12.2 Å². The molecular weight excluding hydrogens is 228 g/mol. The molecule has 3 N–H and O–H groups in total. The number of unbranched alkanes of at least 4 members (excludes halogenated alkanes) is 7. The number of nitrogens with one attached hydrogen (secondary N) is 1. The maximum atomic E-state index is 11.1. The molecule has 0 saturated heterocycles. The zero-order valence-corrected chi connectivity index (χ0v) is 11.4. The molecule has 0 aliphatic heterocycles. The Morgan fingerprint density at radius 1 is 0.944 bits per heavy atom. The Morgan fingerprint density at radius 2 is 1.50 bits per heavy atom. The minimum Gasteiger partial charge on any atom is -0.366 e. The predicted molar refractivity (Wildman–Crippen MR) is 74.0 cm³/mol. The normalized spacial score (nSPS) is 10.7. The number of hydrogen-bond donors (Lipinski definition) is 2. The highest BCUT2D eigenvalue weighted by atomic mass is 16.2. The molecule has 0 aliphatic rings.